The maximum absolute atomic E-state index is 11.9. The third-order valence-corrected chi connectivity index (χ3v) is 4.89. The lowest BCUT2D eigenvalue weighted by molar-refractivity contribution is -0.139. The van der Waals surface area contributed by atoms with Crippen molar-refractivity contribution in [3.8, 4) is 0 Å². The fourth-order valence-corrected chi connectivity index (χ4v) is 2.85. The molecule has 0 bridgehead atoms. The average molecular weight is 362 g/mol. The van der Waals surface area contributed by atoms with Crippen molar-refractivity contribution < 1.29 is 19.2 Å². The minimum Gasteiger partial charge on any atom is -0.314 e. The van der Waals surface area contributed by atoms with Gasteiger partial charge < -0.3 is 10.6 Å². The highest BCUT2D eigenvalue weighted by Gasteiger charge is 2.33. The number of carbonyl (C=O) groups excluding carboxylic acids is 4. The summed E-state index contributed by atoms with van der Waals surface area (Å²) in [7, 11) is 0. The normalized spacial score (nSPS) is 18.3. The standard InChI is InChI=1S/C18H26N4O4/c1-11-12(2)16(24)21(15(11)23)9-7-19-5-6-20-8-10-22-17(25)13(3)14(4)18(22)26/h19-20H,5-10H2,1-4H3. The van der Waals surface area contributed by atoms with Crippen LogP contribution in [0, 0.1) is 0 Å². The van der Waals surface area contributed by atoms with Crippen LogP contribution in [0.5, 0.6) is 0 Å². The SMILES string of the molecule is CC1=C(C)C(=O)N(CCNCCNCCN2C(=O)C(C)=C(C)C2=O)C1=O. The van der Waals surface area contributed by atoms with E-state index in [2.05, 4.69) is 10.6 Å². The number of rotatable bonds is 9. The minimum absolute atomic E-state index is 0.216. The maximum Gasteiger partial charge on any atom is 0.256 e. The Kier molecular flexibility index (Phi) is 6.44. The van der Waals surface area contributed by atoms with Gasteiger partial charge >= 0.3 is 0 Å². The number of hydrogen-bond acceptors (Lipinski definition) is 6. The van der Waals surface area contributed by atoms with Crippen LogP contribution in [-0.2, 0) is 19.2 Å². The number of nitrogens with zero attached hydrogens (tertiary/aromatic N) is 2. The quantitative estimate of drug-likeness (QED) is 0.427. The second kappa shape index (κ2) is 8.37. The van der Waals surface area contributed by atoms with Gasteiger partial charge in [-0.1, -0.05) is 0 Å². The van der Waals surface area contributed by atoms with Crippen molar-refractivity contribution in [1.29, 1.82) is 0 Å². The van der Waals surface area contributed by atoms with Crippen molar-refractivity contribution >= 4 is 23.6 Å². The molecular weight excluding hydrogens is 336 g/mol. The van der Waals surface area contributed by atoms with E-state index in [1.165, 1.54) is 9.80 Å². The van der Waals surface area contributed by atoms with E-state index in [0.29, 0.717) is 61.6 Å². The molecule has 8 heteroatoms. The Morgan fingerprint density at radius 2 is 0.808 bits per heavy atom. The molecule has 0 radical (unpaired) electrons. The summed E-state index contributed by atoms with van der Waals surface area (Å²) in [4.78, 5) is 50.1. The third-order valence-electron chi connectivity index (χ3n) is 4.89. The predicted molar refractivity (Wildman–Crippen MR) is 95.9 cm³/mol. The zero-order chi connectivity index (χ0) is 19.4. The van der Waals surface area contributed by atoms with Gasteiger partial charge in [-0.25, -0.2) is 0 Å². The van der Waals surface area contributed by atoms with Crippen LogP contribution in [-0.4, -0.2) is 72.7 Å². The zero-order valence-electron chi connectivity index (χ0n) is 15.8. The fraction of sp³-hybridized carbons (Fsp3) is 0.556. The lowest BCUT2D eigenvalue weighted by Gasteiger charge is -2.16. The van der Waals surface area contributed by atoms with Gasteiger partial charge in [-0.05, 0) is 27.7 Å². The number of nitrogens with one attached hydrogen (secondary N) is 2. The Balaban J connectivity index is 1.56. The second-order valence-electron chi connectivity index (χ2n) is 6.52. The molecule has 2 rings (SSSR count). The van der Waals surface area contributed by atoms with Crippen molar-refractivity contribution in [3.63, 3.8) is 0 Å². The molecule has 0 atom stereocenters. The molecule has 0 unspecified atom stereocenters. The van der Waals surface area contributed by atoms with Gasteiger partial charge in [0.05, 0.1) is 0 Å². The van der Waals surface area contributed by atoms with Gasteiger partial charge in [0, 0.05) is 61.6 Å². The van der Waals surface area contributed by atoms with Gasteiger partial charge in [-0.3, -0.25) is 29.0 Å². The second-order valence-corrected chi connectivity index (χ2v) is 6.52. The number of hydrogen-bond donors (Lipinski definition) is 2. The van der Waals surface area contributed by atoms with Crippen LogP contribution in [0.25, 0.3) is 0 Å². The molecule has 0 fully saturated rings. The van der Waals surface area contributed by atoms with E-state index in [0.717, 1.165) is 0 Å². The van der Waals surface area contributed by atoms with Crippen LogP contribution in [0.2, 0.25) is 0 Å². The predicted octanol–water partition coefficient (Wildman–Crippen LogP) is -0.424. The molecule has 0 saturated heterocycles. The van der Waals surface area contributed by atoms with Gasteiger partial charge in [0.2, 0.25) is 0 Å². The number of carbonyl (C=O) groups is 4. The van der Waals surface area contributed by atoms with Crippen molar-refractivity contribution in [2.45, 2.75) is 27.7 Å². The molecule has 4 amide bonds. The Morgan fingerprint density at radius 3 is 1.08 bits per heavy atom. The molecular formula is C18H26N4O4. The van der Waals surface area contributed by atoms with Crippen LogP contribution in [0.3, 0.4) is 0 Å². The van der Waals surface area contributed by atoms with E-state index in [4.69, 9.17) is 0 Å². The minimum atomic E-state index is -0.216. The molecule has 0 spiro atoms. The molecule has 0 aromatic rings. The first-order valence-corrected chi connectivity index (χ1v) is 8.76. The van der Waals surface area contributed by atoms with Crippen LogP contribution in [0.15, 0.2) is 22.3 Å². The molecule has 0 aromatic carbocycles. The molecule has 2 N–H and O–H groups in total. The monoisotopic (exact) mass is 362 g/mol. The zero-order valence-corrected chi connectivity index (χ0v) is 15.8. The number of imide groups is 2. The van der Waals surface area contributed by atoms with Crippen LogP contribution < -0.4 is 10.6 Å². The first kappa shape index (κ1) is 20.0. The van der Waals surface area contributed by atoms with Crippen molar-refractivity contribution in [2.24, 2.45) is 0 Å². The van der Waals surface area contributed by atoms with E-state index in [9.17, 15) is 19.2 Å². The van der Waals surface area contributed by atoms with Crippen molar-refractivity contribution in [3.05, 3.63) is 22.3 Å². The molecule has 8 nitrogen and oxygen atoms in total. The summed E-state index contributed by atoms with van der Waals surface area (Å²) in [5.74, 6) is -0.865. The van der Waals surface area contributed by atoms with Crippen molar-refractivity contribution in [1.82, 2.24) is 20.4 Å². The molecule has 26 heavy (non-hydrogen) atoms. The Morgan fingerprint density at radius 1 is 0.538 bits per heavy atom. The summed E-state index contributed by atoms with van der Waals surface area (Å²) in [5, 5.41) is 6.32. The molecule has 2 aliphatic heterocycles. The van der Waals surface area contributed by atoms with Crippen LogP contribution >= 0.6 is 0 Å². The van der Waals surface area contributed by atoms with Crippen molar-refractivity contribution in [2.75, 3.05) is 39.3 Å². The van der Waals surface area contributed by atoms with Gasteiger partial charge in [-0.15, -0.1) is 0 Å². The van der Waals surface area contributed by atoms with E-state index >= 15 is 0 Å². The summed E-state index contributed by atoms with van der Waals surface area (Å²) in [6.45, 7) is 9.70. The lowest BCUT2D eigenvalue weighted by Crippen LogP contribution is -2.40. The molecule has 0 saturated carbocycles. The van der Waals surface area contributed by atoms with Gasteiger partial charge in [0.1, 0.15) is 0 Å². The molecule has 0 aliphatic carbocycles. The molecule has 2 aliphatic rings. The van der Waals surface area contributed by atoms with Crippen LogP contribution in [0.4, 0.5) is 0 Å². The summed E-state index contributed by atoms with van der Waals surface area (Å²) in [6.07, 6.45) is 0. The highest BCUT2D eigenvalue weighted by atomic mass is 16.2. The van der Waals surface area contributed by atoms with Gasteiger partial charge in [0.15, 0.2) is 0 Å². The Bertz CT molecular complexity index is 600. The highest BCUT2D eigenvalue weighted by Crippen LogP contribution is 2.19. The van der Waals surface area contributed by atoms with Gasteiger partial charge in [-0.2, -0.15) is 0 Å². The first-order chi connectivity index (χ1) is 12.3. The van der Waals surface area contributed by atoms with Crippen LogP contribution in [0.1, 0.15) is 27.7 Å². The van der Waals surface area contributed by atoms with E-state index in [-0.39, 0.29) is 23.6 Å². The largest absolute Gasteiger partial charge is 0.314 e. The van der Waals surface area contributed by atoms with E-state index in [1.54, 1.807) is 27.7 Å². The summed E-state index contributed by atoms with van der Waals surface area (Å²) in [5.41, 5.74) is 2.07. The van der Waals surface area contributed by atoms with E-state index < -0.39 is 0 Å². The summed E-state index contributed by atoms with van der Waals surface area (Å²) in [6, 6.07) is 0. The van der Waals surface area contributed by atoms with E-state index in [1.807, 2.05) is 0 Å². The topological polar surface area (TPSA) is 98.8 Å². The smallest absolute Gasteiger partial charge is 0.256 e. The Hall–Kier alpha value is -2.32. The summed E-state index contributed by atoms with van der Waals surface area (Å²) >= 11 is 0. The summed E-state index contributed by atoms with van der Waals surface area (Å²) < 4.78 is 0. The number of amides is 4. The molecule has 0 aromatic heterocycles. The molecule has 2 heterocycles. The Labute approximate surface area is 153 Å². The fourth-order valence-electron chi connectivity index (χ4n) is 2.85. The maximum atomic E-state index is 11.9. The third kappa shape index (κ3) is 3.91. The first-order valence-electron chi connectivity index (χ1n) is 8.76. The lowest BCUT2D eigenvalue weighted by atomic mass is 10.2. The average Bonchev–Trinajstić information content (AvgIpc) is 2.92. The molecule has 142 valence electrons. The van der Waals surface area contributed by atoms with Gasteiger partial charge in [0.25, 0.3) is 23.6 Å². The highest BCUT2D eigenvalue weighted by molar-refractivity contribution is 6.19.